The lowest BCUT2D eigenvalue weighted by Crippen LogP contribution is -2.39. The molecule has 1 aliphatic carbocycles. The highest BCUT2D eigenvalue weighted by Crippen LogP contribution is 2.37. The molecule has 0 saturated heterocycles. The molecular formula is C19H39N. The first-order chi connectivity index (χ1) is 9.52. The first-order valence-electron chi connectivity index (χ1n) is 9.22. The van der Waals surface area contributed by atoms with Crippen LogP contribution >= 0.6 is 0 Å². The molecule has 20 heavy (non-hydrogen) atoms. The molecule has 1 unspecified atom stereocenters. The fourth-order valence-electron chi connectivity index (χ4n) is 3.55. The summed E-state index contributed by atoms with van der Waals surface area (Å²) in [5.74, 6) is 0.996. The van der Waals surface area contributed by atoms with Gasteiger partial charge >= 0.3 is 0 Å². The van der Waals surface area contributed by atoms with Crippen LogP contribution in [0.15, 0.2) is 0 Å². The third-order valence-corrected chi connectivity index (χ3v) is 5.40. The SMILES string of the molecule is CCCCCCC(C)(CCCC)CN(C)[C@H](C)C1CC1. The van der Waals surface area contributed by atoms with E-state index in [2.05, 4.69) is 39.6 Å². The second-order valence-electron chi connectivity index (χ2n) is 7.72. The molecule has 0 N–H and O–H groups in total. The van der Waals surface area contributed by atoms with Crippen molar-refractivity contribution in [2.24, 2.45) is 11.3 Å². The number of hydrogen-bond donors (Lipinski definition) is 0. The Bertz CT molecular complexity index is 246. The van der Waals surface area contributed by atoms with Gasteiger partial charge in [0.15, 0.2) is 0 Å². The van der Waals surface area contributed by atoms with Crippen LogP contribution in [0, 0.1) is 11.3 Å². The van der Waals surface area contributed by atoms with Crippen LogP contribution in [0.5, 0.6) is 0 Å². The van der Waals surface area contributed by atoms with Crippen molar-refractivity contribution in [2.75, 3.05) is 13.6 Å². The van der Waals surface area contributed by atoms with Gasteiger partial charge in [-0.2, -0.15) is 0 Å². The van der Waals surface area contributed by atoms with Crippen LogP contribution in [0.4, 0.5) is 0 Å². The molecule has 2 atom stereocenters. The average molecular weight is 282 g/mol. The standard InChI is InChI=1S/C19H39N/c1-6-8-10-11-15-19(4,14-9-7-2)16-20(5)17(3)18-12-13-18/h17-18H,6-16H2,1-5H3/t17-,19?/m1/s1. The van der Waals surface area contributed by atoms with Crippen molar-refractivity contribution in [1.82, 2.24) is 4.90 Å². The summed E-state index contributed by atoms with van der Waals surface area (Å²) in [6.45, 7) is 10.9. The van der Waals surface area contributed by atoms with Gasteiger partial charge in [0, 0.05) is 12.6 Å². The van der Waals surface area contributed by atoms with Crippen molar-refractivity contribution in [3.8, 4) is 0 Å². The highest BCUT2D eigenvalue weighted by Gasteiger charge is 2.33. The third kappa shape index (κ3) is 6.61. The lowest BCUT2D eigenvalue weighted by molar-refractivity contribution is 0.122. The minimum Gasteiger partial charge on any atom is -0.303 e. The molecule has 0 heterocycles. The van der Waals surface area contributed by atoms with Gasteiger partial charge in [0.05, 0.1) is 0 Å². The summed E-state index contributed by atoms with van der Waals surface area (Å²) in [5, 5.41) is 0. The lowest BCUT2D eigenvalue weighted by atomic mass is 9.79. The number of nitrogens with zero attached hydrogens (tertiary/aromatic N) is 1. The van der Waals surface area contributed by atoms with E-state index in [-0.39, 0.29) is 0 Å². The molecule has 0 bridgehead atoms. The van der Waals surface area contributed by atoms with E-state index in [4.69, 9.17) is 0 Å². The first-order valence-corrected chi connectivity index (χ1v) is 9.22. The summed E-state index contributed by atoms with van der Waals surface area (Å²) >= 11 is 0. The van der Waals surface area contributed by atoms with Crippen molar-refractivity contribution >= 4 is 0 Å². The van der Waals surface area contributed by atoms with E-state index in [9.17, 15) is 0 Å². The molecule has 0 radical (unpaired) electrons. The predicted octanol–water partition coefficient (Wildman–Crippen LogP) is 5.88. The molecule has 0 aromatic rings. The zero-order valence-electron chi connectivity index (χ0n) is 14.9. The molecule has 1 heteroatoms. The van der Waals surface area contributed by atoms with Gasteiger partial charge < -0.3 is 4.90 Å². The van der Waals surface area contributed by atoms with Crippen molar-refractivity contribution in [3.05, 3.63) is 0 Å². The highest BCUT2D eigenvalue weighted by molar-refractivity contribution is 4.87. The van der Waals surface area contributed by atoms with Crippen LogP contribution in [-0.4, -0.2) is 24.5 Å². The normalized spacial score (nSPS) is 20.1. The van der Waals surface area contributed by atoms with Gasteiger partial charge in [-0.25, -0.2) is 0 Å². The Morgan fingerprint density at radius 3 is 2.15 bits per heavy atom. The van der Waals surface area contributed by atoms with Crippen molar-refractivity contribution < 1.29 is 0 Å². The maximum atomic E-state index is 2.66. The molecule has 0 aromatic heterocycles. The van der Waals surface area contributed by atoms with E-state index in [1.807, 2.05) is 0 Å². The van der Waals surface area contributed by atoms with Crippen LogP contribution in [0.3, 0.4) is 0 Å². The molecule has 0 aliphatic heterocycles. The van der Waals surface area contributed by atoms with E-state index >= 15 is 0 Å². The Morgan fingerprint density at radius 2 is 1.60 bits per heavy atom. The molecule has 1 nitrogen and oxygen atoms in total. The van der Waals surface area contributed by atoms with Gasteiger partial charge in [-0.3, -0.25) is 0 Å². The van der Waals surface area contributed by atoms with Gasteiger partial charge in [0.2, 0.25) is 0 Å². The smallest absolute Gasteiger partial charge is 0.00923 e. The van der Waals surface area contributed by atoms with E-state index in [0.717, 1.165) is 12.0 Å². The fraction of sp³-hybridized carbons (Fsp3) is 1.00. The quantitative estimate of drug-likeness (QED) is 0.403. The molecule has 1 fully saturated rings. The summed E-state index contributed by atoms with van der Waals surface area (Å²) in [5.41, 5.74) is 0.543. The van der Waals surface area contributed by atoms with Crippen LogP contribution < -0.4 is 0 Å². The average Bonchev–Trinajstić information content (AvgIpc) is 3.25. The summed E-state index contributed by atoms with van der Waals surface area (Å²) in [4.78, 5) is 2.66. The van der Waals surface area contributed by atoms with E-state index in [1.165, 1.54) is 70.8 Å². The minimum atomic E-state index is 0.543. The first kappa shape index (κ1) is 18.0. The second-order valence-corrected chi connectivity index (χ2v) is 7.72. The maximum absolute atomic E-state index is 2.66. The zero-order chi connectivity index (χ0) is 15.0. The van der Waals surface area contributed by atoms with Crippen LogP contribution in [0.25, 0.3) is 0 Å². The van der Waals surface area contributed by atoms with Gasteiger partial charge in [-0.1, -0.05) is 59.3 Å². The highest BCUT2D eigenvalue weighted by atomic mass is 15.1. The molecule has 120 valence electrons. The predicted molar refractivity (Wildman–Crippen MR) is 91.2 cm³/mol. The third-order valence-electron chi connectivity index (χ3n) is 5.40. The Hall–Kier alpha value is -0.0400. The molecule has 1 saturated carbocycles. The van der Waals surface area contributed by atoms with Crippen LogP contribution in [0.1, 0.15) is 91.9 Å². The summed E-state index contributed by atoms with van der Waals surface area (Å²) < 4.78 is 0. The Labute approximate surface area is 128 Å². The number of hydrogen-bond acceptors (Lipinski definition) is 1. The minimum absolute atomic E-state index is 0.543. The maximum Gasteiger partial charge on any atom is 0.00923 e. The lowest BCUT2D eigenvalue weighted by Gasteiger charge is -2.37. The largest absolute Gasteiger partial charge is 0.303 e. The summed E-state index contributed by atoms with van der Waals surface area (Å²) in [6, 6.07) is 0.798. The van der Waals surface area contributed by atoms with Crippen LogP contribution in [-0.2, 0) is 0 Å². The summed E-state index contributed by atoms with van der Waals surface area (Å²) in [6.07, 6.45) is 14.1. The van der Waals surface area contributed by atoms with Gasteiger partial charge in [-0.05, 0) is 51.0 Å². The Balaban J connectivity index is 2.42. The molecule has 1 aliphatic rings. The molecular weight excluding hydrogens is 242 g/mol. The van der Waals surface area contributed by atoms with Crippen molar-refractivity contribution in [1.29, 1.82) is 0 Å². The Kier molecular flexibility index (Phi) is 8.17. The summed E-state index contributed by atoms with van der Waals surface area (Å²) in [7, 11) is 2.36. The fourth-order valence-corrected chi connectivity index (χ4v) is 3.55. The molecule has 0 amide bonds. The van der Waals surface area contributed by atoms with Crippen molar-refractivity contribution in [2.45, 2.75) is 97.9 Å². The van der Waals surface area contributed by atoms with Gasteiger partial charge in [0.1, 0.15) is 0 Å². The monoisotopic (exact) mass is 281 g/mol. The molecule has 0 spiro atoms. The topological polar surface area (TPSA) is 3.24 Å². The van der Waals surface area contributed by atoms with E-state index < -0.39 is 0 Å². The van der Waals surface area contributed by atoms with E-state index in [0.29, 0.717) is 5.41 Å². The van der Waals surface area contributed by atoms with Gasteiger partial charge in [-0.15, -0.1) is 0 Å². The van der Waals surface area contributed by atoms with Crippen molar-refractivity contribution in [3.63, 3.8) is 0 Å². The number of unbranched alkanes of at least 4 members (excludes halogenated alkanes) is 4. The number of rotatable bonds is 12. The molecule has 1 rings (SSSR count). The van der Waals surface area contributed by atoms with Crippen LogP contribution in [0.2, 0.25) is 0 Å². The molecule has 0 aromatic carbocycles. The second kappa shape index (κ2) is 9.07. The Morgan fingerprint density at radius 1 is 1.00 bits per heavy atom. The van der Waals surface area contributed by atoms with E-state index in [1.54, 1.807) is 0 Å². The van der Waals surface area contributed by atoms with Gasteiger partial charge in [0.25, 0.3) is 0 Å². The zero-order valence-corrected chi connectivity index (χ0v) is 14.9.